The molecule has 2 rings (SSSR count). The molecule has 6 heteroatoms. The van der Waals surface area contributed by atoms with Gasteiger partial charge in [-0.2, -0.15) is 0 Å². The third-order valence-electron chi connectivity index (χ3n) is 3.43. The Labute approximate surface area is 147 Å². The fraction of sp³-hybridized carbons (Fsp3) is 0.278. The van der Waals surface area contributed by atoms with Gasteiger partial charge in [-0.25, -0.2) is 4.99 Å². The third kappa shape index (κ3) is 5.44. The minimum atomic E-state index is 0.236. The summed E-state index contributed by atoms with van der Waals surface area (Å²) >= 11 is 6.18. The molecule has 2 aromatic carbocycles. The van der Waals surface area contributed by atoms with Crippen LogP contribution in [0.15, 0.2) is 47.5 Å². The number of halogens is 1. The van der Waals surface area contributed by atoms with Crippen LogP contribution >= 0.6 is 11.6 Å². The Kier molecular flexibility index (Phi) is 6.90. The Morgan fingerprint density at radius 1 is 1.25 bits per heavy atom. The highest BCUT2D eigenvalue weighted by atomic mass is 35.5. The molecule has 0 radical (unpaired) electrons. The van der Waals surface area contributed by atoms with Crippen LogP contribution in [-0.4, -0.2) is 31.3 Å². The molecular weight excluding hydrogens is 326 g/mol. The van der Waals surface area contributed by atoms with E-state index in [9.17, 15) is 5.11 Å². The van der Waals surface area contributed by atoms with Crippen LogP contribution in [0.4, 0.5) is 5.69 Å². The molecule has 0 atom stereocenters. The van der Waals surface area contributed by atoms with Gasteiger partial charge in [0.1, 0.15) is 5.75 Å². The van der Waals surface area contributed by atoms with E-state index in [-0.39, 0.29) is 5.75 Å². The van der Waals surface area contributed by atoms with Crippen molar-refractivity contribution in [2.75, 3.05) is 25.6 Å². The number of benzene rings is 2. The minimum Gasteiger partial charge on any atom is -0.508 e. The second-order valence-electron chi connectivity index (χ2n) is 5.30. The van der Waals surface area contributed by atoms with Crippen molar-refractivity contribution in [2.45, 2.75) is 13.5 Å². The van der Waals surface area contributed by atoms with Gasteiger partial charge in [-0.1, -0.05) is 29.8 Å². The molecule has 3 N–H and O–H groups in total. The predicted molar refractivity (Wildman–Crippen MR) is 98.9 cm³/mol. The maximum atomic E-state index is 9.52. The van der Waals surface area contributed by atoms with Gasteiger partial charge in [0.05, 0.1) is 13.2 Å². The van der Waals surface area contributed by atoms with E-state index in [1.807, 2.05) is 37.3 Å². The monoisotopic (exact) mass is 347 g/mol. The molecule has 128 valence electrons. The summed E-state index contributed by atoms with van der Waals surface area (Å²) in [4.78, 5) is 4.58. The third-order valence-corrected chi connectivity index (χ3v) is 3.80. The zero-order valence-corrected chi connectivity index (χ0v) is 14.6. The Bertz CT molecular complexity index is 704. The molecule has 0 saturated heterocycles. The molecule has 0 fully saturated rings. The van der Waals surface area contributed by atoms with Crippen LogP contribution < -0.4 is 10.6 Å². The number of hydrogen-bond donors (Lipinski definition) is 3. The first-order valence-electron chi connectivity index (χ1n) is 7.67. The van der Waals surface area contributed by atoms with Crippen molar-refractivity contribution < 1.29 is 9.84 Å². The molecule has 0 spiro atoms. The van der Waals surface area contributed by atoms with Gasteiger partial charge in [0.15, 0.2) is 5.96 Å². The van der Waals surface area contributed by atoms with E-state index in [0.717, 1.165) is 16.8 Å². The average Bonchev–Trinajstić information content (AvgIpc) is 2.56. The second-order valence-corrected chi connectivity index (χ2v) is 5.71. The summed E-state index contributed by atoms with van der Waals surface area (Å²) in [7, 11) is 1.65. The molecule has 2 aromatic rings. The maximum absolute atomic E-state index is 9.52. The van der Waals surface area contributed by atoms with E-state index in [1.165, 1.54) is 0 Å². The topological polar surface area (TPSA) is 65.9 Å². The normalized spacial score (nSPS) is 11.4. The average molecular weight is 348 g/mol. The summed E-state index contributed by atoms with van der Waals surface area (Å²) in [5, 5.41) is 16.7. The van der Waals surface area contributed by atoms with Gasteiger partial charge >= 0.3 is 0 Å². The fourth-order valence-corrected chi connectivity index (χ4v) is 2.31. The van der Waals surface area contributed by atoms with Crippen LogP contribution in [0.2, 0.25) is 5.02 Å². The summed E-state index contributed by atoms with van der Waals surface area (Å²) in [6.07, 6.45) is 0. The molecule has 0 unspecified atom stereocenters. The second kappa shape index (κ2) is 9.15. The molecule has 0 saturated carbocycles. The number of anilines is 1. The van der Waals surface area contributed by atoms with Crippen molar-refractivity contribution in [1.29, 1.82) is 0 Å². The summed E-state index contributed by atoms with van der Waals surface area (Å²) in [6.45, 7) is 3.57. The smallest absolute Gasteiger partial charge is 0.196 e. The van der Waals surface area contributed by atoms with Crippen LogP contribution in [0.25, 0.3) is 0 Å². The number of rotatable bonds is 6. The number of guanidine groups is 1. The summed E-state index contributed by atoms with van der Waals surface area (Å²) < 4.78 is 5.06. The minimum absolute atomic E-state index is 0.236. The Hall–Kier alpha value is -2.24. The van der Waals surface area contributed by atoms with Crippen molar-refractivity contribution in [2.24, 2.45) is 4.99 Å². The SMILES string of the molecule is COCCNC(=NCc1ccccc1Cl)Nc1ccc(O)cc1C. The molecule has 0 aliphatic heterocycles. The highest BCUT2D eigenvalue weighted by molar-refractivity contribution is 6.31. The quantitative estimate of drug-likeness (QED) is 0.323. The van der Waals surface area contributed by atoms with Crippen LogP contribution in [0.5, 0.6) is 5.75 Å². The first-order valence-corrected chi connectivity index (χ1v) is 8.05. The number of nitrogens with zero attached hydrogens (tertiary/aromatic N) is 1. The number of aromatic hydroxyl groups is 1. The van der Waals surface area contributed by atoms with Gasteiger partial charge in [-0.15, -0.1) is 0 Å². The lowest BCUT2D eigenvalue weighted by molar-refractivity contribution is 0.204. The van der Waals surface area contributed by atoms with E-state index in [2.05, 4.69) is 15.6 Å². The Morgan fingerprint density at radius 3 is 2.75 bits per heavy atom. The lowest BCUT2D eigenvalue weighted by Gasteiger charge is -2.14. The molecule has 0 aromatic heterocycles. The molecule has 0 amide bonds. The van der Waals surface area contributed by atoms with Gasteiger partial charge < -0.3 is 20.5 Å². The van der Waals surface area contributed by atoms with E-state index < -0.39 is 0 Å². The lowest BCUT2D eigenvalue weighted by atomic mass is 10.2. The largest absolute Gasteiger partial charge is 0.508 e. The van der Waals surface area contributed by atoms with Gasteiger partial charge in [-0.3, -0.25) is 0 Å². The van der Waals surface area contributed by atoms with Crippen LogP contribution in [-0.2, 0) is 11.3 Å². The van der Waals surface area contributed by atoms with E-state index in [4.69, 9.17) is 16.3 Å². The molecule has 0 heterocycles. The standard InChI is InChI=1S/C18H22ClN3O2/c1-13-11-15(23)7-8-17(13)22-18(20-9-10-24-2)21-12-14-5-3-4-6-16(14)19/h3-8,11,23H,9-10,12H2,1-2H3,(H2,20,21,22). The highest BCUT2D eigenvalue weighted by Crippen LogP contribution is 2.20. The van der Waals surface area contributed by atoms with Crippen molar-refractivity contribution in [1.82, 2.24) is 5.32 Å². The number of aliphatic imine (C=N–C) groups is 1. The number of nitrogens with one attached hydrogen (secondary N) is 2. The first kappa shape index (κ1) is 18.1. The molecule has 5 nitrogen and oxygen atoms in total. The van der Waals surface area contributed by atoms with E-state index in [0.29, 0.717) is 30.7 Å². The van der Waals surface area contributed by atoms with Crippen LogP contribution in [0, 0.1) is 6.92 Å². The molecule has 0 bridgehead atoms. The highest BCUT2D eigenvalue weighted by Gasteiger charge is 2.05. The van der Waals surface area contributed by atoms with E-state index in [1.54, 1.807) is 19.2 Å². The number of aryl methyl sites for hydroxylation is 1. The van der Waals surface area contributed by atoms with Gasteiger partial charge in [0.2, 0.25) is 0 Å². The fourth-order valence-electron chi connectivity index (χ4n) is 2.12. The lowest BCUT2D eigenvalue weighted by Crippen LogP contribution is -2.33. The number of methoxy groups -OCH3 is 1. The van der Waals surface area contributed by atoms with Crippen molar-refractivity contribution in [3.63, 3.8) is 0 Å². The molecule has 0 aliphatic carbocycles. The van der Waals surface area contributed by atoms with Crippen molar-refractivity contribution in [3.8, 4) is 5.75 Å². The van der Waals surface area contributed by atoms with Crippen LogP contribution in [0.3, 0.4) is 0 Å². The number of phenols is 1. The summed E-state index contributed by atoms with van der Waals surface area (Å²) in [6, 6.07) is 12.8. The molecule has 0 aliphatic rings. The van der Waals surface area contributed by atoms with E-state index >= 15 is 0 Å². The first-order chi connectivity index (χ1) is 11.6. The Balaban J connectivity index is 2.14. The van der Waals surface area contributed by atoms with Crippen molar-refractivity contribution in [3.05, 3.63) is 58.6 Å². The predicted octanol–water partition coefficient (Wildman–Crippen LogP) is 3.56. The molecular formula is C18H22ClN3O2. The number of phenolic OH excluding ortho intramolecular Hbond substituents is 1. The maximum Gasteiger partial charge on any atom is 0.196 e. The number of hydrogen-bond acceptors (Lipinski definition) is 3. The summed E-state index contributed by atoms with van der Waals surface area (Å²) in [5.41, 5.74) is 2.75. The zero-order chi connectivity index (χ0) is 17.4. The Morgan fingerprint density at radius 2 is 2.04 bits per heavy atom. The van der Waals surface area contributed by atoms with Crippen LogP contribution in [0.1, 0.15) is 11.1 Å². The van der Waals surface area contributed by atoms with Gasteiger partial charge in [-0.05, 0) is 42.3 Å². The molecule has 24 heavy (non-hydrogen) atoms. The van der Waals surface area contributed by atoms with Gasteiger partial charge in [0.25, 0.3) is 0 Å². The van der Waals surface area contributed by atoms with Crippen molar-refractivity contribution >= 4 is 23.2 Å². The van der Waals surface area contributed by atoms with Gasteiger partial charge in [0, 0.05) is 24.4 Å². The summed E-state index contributed by atoms with van der Waals surface area (Å²) in [5.74, 6) is 0.862. The number of ether oxygens (including phenoxy) is 1. The zero-order valence-electron chi connectivity index (χ0n) is 13.8.